The molecule has 3 aromatic carbocycles. The minimum atomic E-state index is -1.53. The first-order valence-corrected chi connectivity index (χ1v) is 7.49. The van der Waals surface area contributed by atoms with Gasteiger partial charge in [-0.15, -0.1) is 0 Å². The summed E-state index contributed by atoms with van der Waals surface area (Å²) in [5, 5.41) is 0. The molecule has 0 bridgehead atoms. The zero-order chi connectivity index (χ0) is 17.8. The third kappa shape index (κ3) is 3.71. The molecule has 0 saturated heterocycles. The quantitative estimate of drug-likeness (QED) is 0.473. The van der Waals surface area contributed by atoms with Gasteiger partial charge in [0.15, 0.2) is 23.7 Å². The summed E-state index contributed by atoms with van der Waals surface area (Å²) >= 11 is 0. The lowest BCUT2D eigenvalue weighted by Gasteiger charge is -2.11. The smallest absolute Gasteiger partial charge is 0.194 e. The number of halogens is 3. The van der Waals surface area contributed by atoms with Gasteiger partial charge in [0.05, 0.1) is 5.56 Å². The van der Waals surface area contributed by atoms with Crippen LogP contribution in [0.5, 0.6) is 5.75 Å². The molecule has 0 unspecified atom stereocenters. The van der Waals surface area contributed by atoms with Gasteiger partial charge in [0, 0.05) is 0 Å². The highest BCUT2D eigenvalue weighted by atomic mass is 19.2. The van der Waals surface area contributed by atoms with Crippen LogP contribution in [0.3, 0.4) is 0 Å². The van der Waals surface area contributed by atoms with Crippen molar-refractivity contribution in [3.8, 4) is 16.9 Å². The van der Waals surface area contributed by atoms with Crippen LogP contribution in [-0.4, -0.2) is 6.29 Å². The Balaban J connectivity index is 1.88. The number of hydrogen-bond acceptors (Lipinski definition) is 2. The van der Waals surface area contributed by atoms with Gasteiger partial charge in [0.2, 0.25) is 0 Å². The van der Waals surface area contributed by atoms with E-state index in [4.69, 9.17) is 4.74 Å². The number of aldehydes is 1. The molecule has 126 valence electrons. The predicted molar refractivity (Wildman–Crippen MR) is 87.9 cm³/mol. The van der Waals surface area contributed by atoms with Crippen molar-refractivity contribution in [3.63, 3.8) is 0 Å². The fraction of sp³-hybridized carbons (Fsp3) is 0.0500. The van der Waals surface area contributed by atoms with E-state index in [0.717, 1.165) is 17.7 Å². The zero-order valence-corrected chi connectivity index (χ0v) is 13.0. The maximum absolute atomic E-state index is 13.4. The molecule has 0 radical (unpaired) electrons. The number of rotatable bonds is 5. The maximum atomic E-state index is 13.4. The molecule has 3 aromatic rings. The van der Waals surface area contributed by atoms with Crippen molar-refractivity contribution < 1.29 is 22.7 Å². The van der Waals surface area contributed by atoms with E-state index in [1.165, 1.54) is 6.07 Å². The Morgan fingerprint density at radius 3 is 2.16 bits per heavy atom. The van der Waals surface area contributed by atoms with Crippen molar-refractivity contribution in [2.24, 2.45) is 0 Å². The highest BCUT2D eigenvalue weighted by Gasteiger charge is 2.13. The minimum Gasteiger partial charge on any atom is -0.488 e. The summed E-state index contributed by atoms with van der Waals surface area (Å²) in [7, 11) is 0. The van der Waals surface area contributed by atoms with Crippen molar-refractivity contribution in [2.75, 3.05) is 0 Å². The highest BCUT2D eigenvalue weighted by Crippen LogP contribution is 2.28. The second-order valence-corrected chi connectivity index (χ2v) is 5.40. The van der Waals surface area contributed by atoms with Crippen LogP contribution < -0.4 is 4.74 Å². The SMILES string of the molecule is O=Cc1cc(-c2cc(F)c(F)c(F)c2)ccc1OCc1ccccc1. The molecule has 25 heavy (non-hydrogen) atoms. The summed E-state index contributed by atoms with van der Waals surface area (Å²) in [5.74, 6) is -3.74. The van der Waals surface area contributed by atoms with E-state index < -0.39 is 17.5 Å². The van der Waals surface area contributed by atoms with E-state index in [2.05, 4.69) is 0 Å². The standard InChI is InChI=1S/C20H13F3O2/c21-17-9-15(10-18(22)20(17)23)14-6-7-19(16(8-14)11-24)25-12-13-4-2-1-3-5-13/h1-11H,12H2. The van der Waals surface area contributed by atoms with Crippen molar-refractivity contribution in [2.45, 2.75) is 6.61 Å². The molecule has 0 aliphatic heterocycles. The van der Waals surface area contributed by atoms with Crippen molar-refractivity contribution in [1.29, 1.82) is 0 Å². The monoisotopic (exact) mass is 342 g/mol. The topological polar surface area (TPSA) is 26.3 Å². The molecule has 0 aromatic heterocycles. The lowest BCUT2D eigenvalue weighted by molar-refractivity contribution is 0.111. The largest absolute Gasteiger partial charge is 0.488 e. The van der Waals surface area contributed by atoms with Crippen LogP contribution in [0, 0.1) is 17.5 Å². The molecule has 2 nitrogen and oxygen atoms in total. The van der Waals surface area contributed by atoms with E-state index in [0.29, 0.717) is 17.6 Å². The normalized spacial score (nSPS) is 10.5. The Morgan fingerprint density at radius 1 is 0.840 bits per heavy atom. The molecule has 0 spiro atoms. The molecule has 0 heterocycles. The van der Waals surface area contributed by atoms with E-state index in [1.54, 1.807) is 12.1 Å². The Bertz CT molecular complexity index is 885. The minimum absolute atomic E-state index is 0.133. The maximum Gasteiger partial charge on any atom is 0.194 e. The number of carbonyl (C=O) groups excluding carboxylic acids is 1. The van der Waals surface area contributed by atoms with Gasteiger partial charge < -0.3 is 4.74 Å². The van der Waals surface area contributed by atoms with Crippen molar-refractivity contribution >= 4 is 6.29 Å². The van der Waals surface area contributed by atoms with E-state index in [-0.39, 0.29) is 17.7 Å². The van der Waals surface area contributed by atoms with E-state index >= 15 is 0 Å². The molecule has 0 amide bonds. The average molecular weight is 342 g/mol. The van der Waals surface area contributed by atoms with Gasteiger partial charge in [-0.3, -0.25) is 4.79 Å². The molecule has 0 N–H and O–H groups in total. The number of ether oxygens (including phenoxy) is 1. The van der Waals surface area contributed by atoms with Crippen LogP contribution in [0.15, 0.2) is 60.7 Å². The third-order valence-corrected chi connectivity index (χ3v) is 3.69. The Hall–Kier alpha value is -3.08. The molecular weight excluding hydrogens is 329 g/mol. The lowest BCUT2D eigenvalue weighted by Crippen LogP contribution is -1.99. The summed E-state index contributed by atoms with van der Waals surface area (Å²) in [6, 6.07) is 15.7. The van der Waals surface area contributed by atoms with Gasteiger partial charge >= 0.3 is 0 Å². The van der Waals surface area contributed by atoms with Crippen LogP contribution in [0.25, 0.3) is 11.1 Å². The number of benzene rings is 3. The Morgan fingerprint density at radius 2 is 1.52 bits per heavy atom. The first-order valence-electron chi connectivity index (χ1n) is 7.49. The van der Waals surface area contributed by atoms with Crippen LogP contribution in [0.4, 0.5) is 13.2 Å². The molecule has 0 aliphatic carbocycles. The van der Waals surface area contributed by atoms with Crippen LogP contribution in [-0.2, 0) is 6.61 Å². The van der Waals surface area contributed by atoms with Crippen molar-refractivity contribution in [1.82, 2.24) is 0 Å². The fourth-order valence-corrected chi connectivity index (χ4v) is 2.41. The first-order chi connectivity index (χ1) is 12.1. The third-order valence-electron chi connectivity index (χ3n) is 3.69. The molecule has 0 atom stereocenters. The van der Waals surface area contributed by atoms with Crippen LogP contribution in [0.1, 0.15) is 15.9 Å². The van der Waals surface area contributed by atoms with Gasteiger partial charge in [-0.25, -0.2) is 13.2 Å². The first kappa shape index (κ1) is 16.8. The Kier molecular flexibility index (Phi) is 4.84. The molecule has 0 aliphatic rings. The second-order valence-electron chi connectivity index (χ2n) is 5.40. The summed E-state index contributed by atoms with van der Waals surface area (Å²) < 4.78 is 45.5. The van der Waals surface area contributed by atoms with E-state index in [1.807, 2.05) is 30.3 Å². The average Bonchev–Trinajstić information content (AvgIpc) is 2.64. The lowest BCUT2D eigenvalue weighted by atomic mass is 10.0. The number of carbonyl (C=O) groups is 1. The Labute approximate surface area is 142 Å². The predicted octanol–water partition coefficient (Wildman–Crippen LogP) is 5.16. The molecule has 5 heteroatoms. The van der Waals surface area contributed by atoms with Gasteiger partial charge in [-0.05, 0) is 41.0 Å². The summed E-state index contributed by atoms with van der Waals surface area (Å²) in [6.07, 6.45) is 0.597. The fourth-order valence-electron chi connectivity index (χ4n) is 2.41. The number of hydrogen-bond donors (Lipinski definition) is 0. The summed E-state index contributed by atoms with van der Waals surface area (Å²) in [6.45, 7) is 0.279. The van der Waals surface area contributed by atoms with Crippen LogP contribution in [0.2, 0.25) is 0 Å². The van der Waals surface area contributed by atoms with Gasteiger partial charge in [0.1, 0.15) is 12.4 Å². The highest BCUT2D eigenvalue weighted by molar-refractivity contribution is 5.83. The molecule has 3 rings (SSSR count). The molecule has 0 fully saturated rings. The summed E-state index contributed by atoms with van der Waals surface area (Å²) in [4.78, 5) is 11.3. The van der Waals surface area contributed by atoms with E-state index in [9.17, 15) is 18.0 Å². The summed E-state index contributed by atoms with van der Waals surface area (Å²) in [5.41, 5.74) is 1.69. The molecule has 0 saturated carbocycles. The van der Waals surface area contributed by atoms with Crippen molar-refractivity contribution in [3.05, 3.63) is 89.2 Å². The second kappa shape index (κ2) is 7.21. The van der Waals surface area contributed by atoms with Gasteiger partial charge in [-0.1, -0.05) is 36.4 Å². The van der Waals surface area contributed by atoms with Crippen LogP contribution >= 0.6 is 0 Å². The van der Waals surface area contributed by atoms with Gasteiger partial charge in [0.25, 0.3) is 0 Å². The molecular formula is C20H13F3O2. The van der Waals surface area contributed by atoms with Gasteiger partial charge in [-0.2, -0.15) is 0 Å². The zero-order valence-electron chi connectivity index (χ0n) is 13.0.